The van der Waals surface area contributed by atoms with Crippen LogP contribution in [0.25, 0.3) is 5.69 Å². The number of carboxylic acid groups (broad SMARTS) is 1. The highest BCUT2D eigenvalue weighted by molar-refractivity contribution is 6.30. The molecule has 2 aromatic carbocycles. The Morgan fingerprint density at radius 1 is 1.08 bits per heavy atom. The molecule has 39 heavy (non-hydrogen) atoms. The van der Waals surface area contributed by atoms with Gasteiger partial charge in [-0.25, -0.2) is 13.9 Å². The van der Waals surface area contributed by atoms with E-state index in [0.717, 1.165) is 4.68 Å². The minimum Gasteiger partial charge on any atom is -0.478 e. The van der Waals surface area contributed by atoms with E-state index in [2.05, 4.69) is 20.5 Å². The summed E-state index contributed by atoms with van der Waals surface area (Å²) in [5.74, 6) is -1.62. The molecule has 0 spiro atoms. The van der Waals surface area contributed by atoms with Crippen LogP contribution in [0.3, 0.4) is 0 Å². The van der Waals surface area contributed by atoms with E-state index in [9.17, 15) is 18.8 Å². The fourth-order valence-corrected chi connectivity index (χ4v) is 4.73. The van der Waals surface area contributed by atoms with E-state index < -0.39 is 23.7 Å². The summed E-state index contributed by atoms with van der Waals surface area (Å²) in [6.07, 6.45) is 1.21. The molecule has 0 saturated heterocycles. The second kappa shape index (κ2) is 10.4. The minimum absolute atomic E-state index is 0.0199. The maximum Gasteiger partial charge on any atom is 0.335 e. The molecule has 3 heterocycles. The molecule has 13 heteroatoms. The highest BCUT2D eigenvalue weighted by atomic mass is 35.5. The summed E-state index contributed by atoms with van der Waals surface area (Å²) in [6.45, 7) is 4.47. The van der Waals surface area contributed by atoms with Crippen molar-refractivity contribution in [3.8, 4) is 5.69 Å². The van der Waals surface area contributed by atoms with Crippen LogP contribution < -0.4 is 0 Å². The van der Waals surface area contributed by atoms with E-state index in [0.29, 0.717) is 23.8 Å². The number of benzene rings is 2. The average Bonchev–Trinajstić information content (AvgIpc) is 3.57. The smallest absolute Gasteiger partial charge is 0.335 e. The number of halogens is 2. The number of carbonyl (C=O) groups is 3. The first-order valence-electron chi connectivity index (χ1n) is 12.1. The van der Waals surface area contributed by atoms with Gasteiger partial charge in [0, 0.05) is 25.4 Å². The van der Waals surface area contributed by atoms with E-state index in [-0.39, 0.29) is 46.6 Å². The van der Waals surface area contributed by atoms with Crippen LogP contribution in [0.4, 0.5) is 4.39 Å². The average molecular weight is 552 g/mol. The number of nitrogens with zero attached hydrogens (tertiary/aromatic N) is 7. The number of hydrogen-bond donors (Lipinski definition) is 1. The van der Waals surface area contributed by atoms with Gasteiger partial charge in [-0.2, -0.15) is 0 Å². The summed E-state index contributed by atoms with van der Waals surface area (Å²) < 4.78 is 17.5. The van der Waals surface area contributed by atoms with E-state index in [1.807, 2.05) is 18.4 Å². The third kappa shape index (κ3) is 4.90. The Morgan fingerprint density at radius 3 is 2.51 bits per heavy atom. The second-order valence-corrected chi connectivity index (χ2v) is 9.80. The lowest BCUT2D eigenvalue weighted by Gasteiger charge is -2.34. The molecule has 11 nitrogen and oxygen atoms in total. The van der Waals surface area contributed by atoms with Crippen molar-refractivity contribution in [1.82, 2.24) is 34.7 Å². The molecule has 1 amide bonds. The molecule has 200 valence electrons. The molecule has 4 aromatic rings. The third-order valence-electron chi connectivity index (χ3n) is 6.48. The van der Waals surface area contributed by atoms with Crippen molar-refractivity contribution in [3.05, 3.63) is 88.0 Å². The zero-order valence-corrected chi connectivity index (χ0v) is 21.7. The van der Waals surface area contributed by atoms with Crippen LogP contribution in [-0.4, -0.2) is 64.0 Å². The number of hydrogen-bond acceptors (Lipinski definition) is 7. The van der Waals surface area contributed by atoms with Gasteiger partial charge in [-0.1, -0.05) is 48.9 Å². The number of aromatic carboxylic acids is 1. The Hall–Kier alpha value is -4.45. The number of carboxylic acids is 1. The van der Waals surface area contributed by atoms with Crippen LogP contribution in [0.2, 0.25) is 5.02 Å². The predicted octanol–water partition coefficient (Wildman–Crippen LogP) is 3.48. The molecular weight excluding hydrogens is 529 g/mol. The first kappa shape index (κ1) is 26.2. The lowest BCUT2D eigenvalue weighted by atomic mass is 9.99. The molecular formula is C26H23ClFN7O4. The normalized spacial score (nSPS) is 14.9. The first-order valence-corrected chi connectivity index (χ1v) is 12.5. The number of fused-ring (bicyclic) bond motifs is 1. The highest BCUT2D eigenvalue weighted by Crippen LogP contribution is 2.30. The van der Waals surface area contributed by atoms with Crippen molar-refractivity contribution in [1.29, 1.82) is 0 Å². The molecule has 0 aliphatic carbocycles. The summed E-state index contributed by atoms with van der Waals surface area (Å²) in [5.41, 5.74) is 0.614. The van der Waals surface area contributed by atoms with Crippen molar-refractivity contribution >= 4 is 29.3 Å². The summed E-state index contributed by atoms with van der Waals surface area (Å²) in [6, 6.07) is 9.28. The molecule has 5 rings (SSSR count). The van der Waals surface area contributed by atoms with Gasteiger partial charge in [-0.15, -0.1) is 15.3 Å². The van der Waals surface area contributed by atoms with Gasteiger partial charge in [0.15, 0.2) is 29.2 Å². The van der Waals surface area contributed by atoms with Crippen LogP contribution in [0.5, 0.6) is 0 Å². The van der Waals surface area contributed by atoms with Crippen molar-refractivity contribution in [2.75, 3.05) is 6.54 Å². The van der Waals surface area contributed by atoms with Gasteiger partial charge in [0.1, 0.15) is 11.5 Å². The van der Waals surface area contributed by atoms with Crippen molar-refractivity contribution in [2.24, 2.45) is 0 Å². The number of aromatic nitrogens is 6. The van der Waals surface area contributed by atoms with Gasteiger partial charge < -0.3 is 14.6 Å². The van der Waals surface area contributed by atoms with Gasteiger partial charge >= 0.3 is 5.97 Å². The molecule has 1 N–H and O–H groups in total. The SMILES string of the molecule is CC(C)c1nnc2n1CCN(C(=O)c1cn(-c3cccc(Cl)c3F)nn1)C2C(=O)Cc1ccc(C(=O)O)cc1. The van der Waals surface area contributed by atoms with Gasteiger partial charge in [0.25, 0.3) is 5.91 Å². The largest absolute Gasteiger partial charge is 0.478 e. The maximum atomic E-state index is 14.5. The maximum absolute atomic E-state index is 14.5. The molecule has 1 aliphatic heterocycles. The van der Waals surface area contributed by atoms with E-state index >= 15 is 0 Å². The Morgan fingerprint density at radius 2 is 1.82 bits per heavy atom. The zero-order valence-electron chi connectivity index (χ0n) is 21.0. The molecule has 2 aromatic heterocycles. The molecule has 0 bridgehead atoms. The van der Waals surface area contributed by atoms with Crippen molar-refractivity contribution in [2.45, 2.75) is 38.8 Å². The number of Topliss-reactive ketones (excluding diaryl/α,β-unsaturated/α-hetero) is 1. The first-order chi connectivity index (χ1) is 18.7. The fourth-order valence-electron chi connectivity index (χ4n) is 4.56. The quantitative estimate of drug-likeness (QED) is 0.369. The number of amides is 1. The van der Waals surface area contributed by atoms with Crippen LogP contribution in [0.15, 0.2) is 48.7 Å². The lowest BCUT2D eigenvalue weighted by molar-refractivity contribution is -0.124. The molecule has 0 radical (unpaired) electrons. The monoisotopic (exact) mass is 551 g/mol. The Bertz CT molecular complexity index is 1580. The summed E-state index contributed by atoms with van der Waals surface area (Å²) in [4.78, 5) is 39.9. The lowest BCUT2D eigenvalue weighted by Crippen LogP contribution is -2.46. The Kier molecular flexibility index (Phi) is 6.96. The van der Waals surface area contributed by atoms with Crippen LogP contribution in [0, 0.1) is 5.82 Å². The van der Waals surface area contributed by atoms with Gasteiger partial charge in [0.2, 0.25) is 0 Å². The van der Waals surface area contributed by atoms with Crippen molar-refractivity contribution in [3.63, 3.8) is 0 Å². The van der Waals surface area contributed by atoms with Gasteiger partial charge in [0.05, 0.1) is 16.8 Å². The number of ketones is 1. The van der Waals surface area contributed by atoms with Crippen LogP contribution in [0.1, 0.15) is 63.9 Å². The minimum atomic E-state index is -1.07. The summed E-state index contributed by atoms with van der Waals surface area (Å²) in [7, 11) is 0. The molecule has 0 saturated carbocycles. The molecule has 1 unspecified atom stereocenters. The Balaban J connectivity index is 1.48. The van der Waals surface area contributed by atoms with E-state index in [1.54, 1.807) is 18.2 Å². The predicted molar refractivity (Wildman–Crippen MR) is 136 cm³/mol. The molecule has 1 atom stereocenters. The topological polar surface area (TPSA) is 136 Å². The third-order valence-corrected chi connectivity index (χ3v) is 6.77. The fraction of sp³-hybridized carbons (Fsp3) is 0.269. The zero-order chi connectivity index (χ0) is 27.8. The van der Waals surface area contributed by atoms with E-state index in [4.69, 9.17) is 16.7 Å². The van der Waals surface area contributed by atoms with Gasteiger partial charge in [-0.05, 0) is 29.8 Å². The second-order valence-electron chi connectivity index (χ2n) is 9.39. The van der Waals surface area contributed by atoms with Crippen LogP contribution in [-0.2, 0) is 17.8 Å². The highest BCUT2D eigenvalue weighted by Gasteiger charge is 2.40. The van der Waals surface area contributed by atoms with E-state index in [1.165, 1.54) is 35.4 Å². The molecule has 0 fully saturated rings. The standard InChI is InChI=1S/C26H23ClFN7O4/c1-14(2)23-30-31-24-22(20(36)12-15-6-8-16(9-7-15)26(38)39)33(10-11-34(23)24)25(37)18-13-35(32-29-18)19-5-3-4-17(27)21(19)28/h3-9,13-14,22H,10-12H2,1-2H3,(H,38,39). The summed E-state index contributed by atoms with van der Waals surface area (Å²) in [5, 5.41) is 25.4. The number of carbonyl (C=O) groups excluding carboxylic acids is 2. The molecule has 1 aliphatic rings. The summed E-state index contributed by atoms with van der Waals surface area (Å²) >= 11 is 5.88. The Labute approximate surface area is 226 Å². The number of rotatable bonds is 7. The van der Waals surface area contributed by atoms with Crippen molar-refractivity contribution < 1.29 is 23.9 Å². The van der Waals surface area contributed by atoms with Gasteiger partial charge in [-0.3, -0.25) is 9.59 Å². The van der Waals surface area contributed by atoms with Crippen LogP contribution >= 0.6 is 11.6 Å².